The SMILES string of the molecule is CCCCCCCCCCCCC(O)CN(CCCCSSCCC(NC(=O)CCCCN(CC(O)CCCCCCCC)CC(O)CCCCCCCC)C(=O)NCCCn1ccnc1C)CC(O)CCCCCCCCCCCC. The lowest BCUT2D eigenvalue weighted by Gasteiger charge is -2.27. The Bertz CT molecular complexity index is 1470. The van der Waals surface area contributed by atoms with Crippen molar-refractivity contribution < 1.29 is 30.0 Å². The second kappa shape index (κ2) is 58.6. The number of aliphatic hydroxyl groups excluding tert-OH is 4. The maximum atomic E-state index is 13.7. The Morgan fingerprint density at radius 1 is 0.476 bits per heavy atom. The number of nitrogens with zero attached hydrogens (tertiary/aromatic N) is 4. The maximum Gasteiger partial charge on any atom is 0.242 e. The molecule has 0 spiro atoms. The molecule has 0 bridgehead atoms. The van der Waals surface area contributed by atoms with Crippen LogP contribution in [0.3, 0.4) is 0 Å². The fourth-order valence-electron chi connectivity index (χ4n) is 11.3. The minimum atomic E-state index is -0.617. The Morgan fingerprint density at radius 2 is 0.841 bits per heavy atom. The number of aryl methyl sites for hydroxylation is 2. The number of aliphatic hydroxyl groups is 4. The van der Waals surface area contributed by atoms with E-state index in [1.54, 1.807) is 17.0 Å². The van der Waals surface area contributed by atoms with E-state index in [9.17, 15) is 30.0 Å². The maximum absolute atomic E-state index is 13.7. The Hall–Kier alpha value is -1.39. The second-order valence-electron chi connectivity index (χ2n) is 24.7. The summed E-state index contributed by atoms with van der Waals surface area (Å²) in [5, 5.41) is 50.7. The molecule has 0 aliphatic carbocycles. The van der Waals surface area contributed by atoms with Crippen molar-refractivity contribution in [2.24, 2.45) is 0 Å². The van der Waals surface area contributed by atoms with Crippen LogP contribution in [0.5, 0.6) is 0 Å². The second-order valence-corrected chi connectivity index (χ2v) is 27.4. The first-order chi connectivity index (χ1) is 40.0. The predicted molar refractivity (Wildman–Crippen MR) is 355 cm³/mol. The van der Waals surface area contributed by atoms with Crippen molar-refractivity contribution in [3.8, 4) is 0 Å². The summed E-state index contributed by atoms with van der Waals surface area (Å²) in [4.78, 5) is 36.1. The van der Waals surface area contributed by atoms with Crippen molar-refractivity contribution in [1.29, 1.82) is 0 Å². The fourth-order valence-corrected chi connectivity index (χ4v) is 13.5. The normalized spacial score (nSPS) is 13.7. The van der Waals surface area contributed by atoms with Crippen LogP contribution in [0.2, 0.25) is 0 Å². The average Bonchev–Trinajstić information content (AvgIpc) is 3.88. The van der Waals surface area contributed by atoms with E-state index < -0.39 is 18.2 Å². The molecule has 0 saturated carbocycles. The van der Waals surface area contributed by atoms with Gasteiger partial charge < -0.3 is 35.6 Å². The topological polar surface area (TPSA) is 163 Å². The lowest BCUT2D eigenvalue weighted by molar-refractivity contribution is -0.129. The van der Waals surface area contributed by atoms with Crippen molar-refractivity contribution in [3.63, 3.8) is 0 Å². The van der Waals surface area contributed by atoms with E-state index >= 15 is 0 Å². The van der Waals surface area contributed by atoms with Gasteiger partial charge in [0, 0.05) is 69.6 Å². The van der Waals surface area contributed by atoms with Crippen molar-refractivity contribution in [1.82, 2.24) is 30.0 Å². The van der Waals surface area contributed by atoms with Gasteiger partial charge in [-0.3, -0.25) is 19.4 Å². The quantitative estimate of drug-likeness (QED) is 0.0272. The summed E-state index contributed by atoms with van der Waals surface area (Å²) in [5.74, 6) is 2.40. The highest BCUT2D eigenvalue weighted by Crippen LogP contribution is 2.25. The van der Waals surface area contributed by atoms with Gasteiger partial charge in [0.05, 0.1) is 24.4 Å². The molecule has 1 rings (SSSR count). The highest BCUT2D eigenvalue weighted by atomic mass is 33.1. The minimum absolute atomic E-state index is 0.114. The summed E-state index contributed by atoms with van der Waals surface area (Å²) >= 11 is 0. The van der Waals surface area contributed by atoms with E-state index in [4.69, 9.17) is 0 Å². The van der Waals surface area contributed by atoms with E-state index in [0.717, 1.165) is 120 Å². The van der Waals surface area contributed by atoms with Crippen molar-refractivity contribution in [2.75, 3.05) is 57.3 Å². The van der Waals surface area contributed by atoms with Crippen LogP contribution in [0.25, 0.3) is 0 Å². The molecule has 1 aromatic heterocycles. The Kier molecular flexibility index (Phi) is 56.2. The number of unbranched alkanes of at least 4 members (excludes halogenated alkanes) is 30. The van der Waals surface area contributed by atoms with Crippen molar-refractivity contribution >= 4 is 33.4 Å². The molecule has 0 saturated heterocycles. The molecule has 0 fully saturated rings. The van der Waals surface area contributed by atoms with Crippen LogP contribution in [-0.4, -0.2) is 139 Å². The molecule has 5 unspecified atom stereocenters. The summed E-state index contributed by atoms with van der Waals surface area (Å²) in [7, 11) is 3.59. The first-order valence-electron chi connectivity index (χ1n) is 35.0. The van der Waals surface area contributed by atoms with Crippen LogP contribution in [-0.2, 0) is 16.1 Å². The molecule has 1 heterocycles. The number of carbonyl (C=O) groups is 2. The fraction of sp³-hybridized carbons (Fsp3) is 0.926. The summed E-state index contributed by atoms with van der Waals surface area (Å²) in [6.07, 6.45) is 50.5. The Labute approximate surface area is 514 Å². The molecule has 0 aliphatic heterocycles. The smallest absolute Gasteiger partial charge is 0.242 e. The van der Waals surface area contributed by atoms with Crippen LogP contribution >= 0.6 is 21.6 Å². The van der Waals surface area contributed by atoms with Gasteiger partial charge in [0.25, 0.3) is 0 Å². The van der Waals surface area contributed by atoms with Gasteiger partial charge in [-0.05, 0) is 84.2 Å². The van der Waals surface area contributed by atoms with Gasteiger partial charge in [0.1, 0.15) is 11.9 Å². The van der Waals surface area contributed by atoms with E-state index in [2.05, 4.69) is 57.7 Å². The molecule has 1 aromatic rings. The molecule has 14 heteroatoms. The Morgan fingerprint density at radius 3 is 1.22 bits per heavy atom. The van der Waals surface area contributed by atoms with Crippen LogP contribution in [0.15, 0.2) is 12.4 Å². The number of carbonyl (C=O) groups excluding carboxylic acids is 2. The molecule has 6 N–H and O–H groups in total. The summed E-state index contributed by atoms with van der Waals surface area (Å²) in [6.45, 7) is 16.2. The van der Waals surface area contributed by atoms with Gasteiger partial charge in [0.15, 0.2) is 0 Å². The van der Waals surface area contributed by atoms with E-state index in [0.29, 0.717) is 58.5 Å². The van der Waals surface area contributed by atoms with Gasteiger partial charge in [-0.25, -0.2) is 4.98 Å². The third-order valence-electron chi connectivity index (χ3n) is 16.5. The Balaban J connectivity index is 2.74. The number of rotatable bonds is 64. The number of aromatic nitrogens is 2. The molecule has 5 atom stereocenters. The highest BCUT2D eigenvalue weighted by molar-refractivity contribution is 8.76. The molecule has 2 amide bonds. The summed E-state index contributed by atoms with van der Waals surface area (Å²) in [5.41, 5.74) is 0. The van der Waals surface area contributed by atoms with Gasteiger partial charge >= 0.3 is 0 Å². The molecule has 82 heavy (non-hydrogen) atoms. The standard InChI is InChI=1S/C68H134N6O6S2/c1-6-10-14-18-22-24-26-28-32-36-45-64(77)59-73(60-65(78)46-37-33-29-27-25-23-19-15-11-7-2)52-40-41-55-81-82-56-48-66(68(80)70-49-42-53-74-54-50-69-61(74)5)71-67(79)47-38-39-51-72(57-62(75)43-34-30-20-16-12-8-3)58-63(76)44-35-31-21-17-13-9-4/h50,54,62-66,75-78H,6-49,51-53,55-60H2,1-5H3,(H,70,80)(H,71,79). The first-order valence-corrected chi connectivity index (χ1v) is 37.5. The number of hydrogen-bond acceptors (Lipinski definition) is 11. The number of hydrogen-bond donors (Lipinski definition) is 6. The van der Waals surface area contributed by atoms with Gasteiger partial charge in [-0.2, -0.15) is 0 Å². The van der Waals surface area contributed by atoms with Crippen molar-refractivity contribution in [2.45, 2.75) is 348 Å². The monoisotopic (exact) mass is 1190 g/mol. The number of imidazole rings is 1. The van der Waals surface area contributed by atoms with Gasteiger partial charge in [-0.1, -0.05) is 255 Å². The molecule has 12 nitrogen and oxygen atoms in total. The predicted octanol–water partition coefficient (Wildman–Crippen LogP) is 16.1. The zero-order valence-corrected chi connectivity index (χ0v) is 55.9. The van der Waals surface area contributed by atoms with Crippen LogP contribution < -0.4 is 10.6 Å². The zero-order valence-electron chi connectivity index (χ0n) is 54.2. The van der Waals surface area contributed by atoms with Gasteiger partial charge in [-0.15, -0.1) is 0 Å². The zero-order chi connectivity index (χ0) is 59.8. The van der Waals surface area contributed by atoms with Crippen LogP contribution in [0.4, 0.5) is 0 Å². The van der Waals surface area contributed by atoms with Crippen LogP contribution in [0.1, 0.15) is 310 Å². The van der Waals surface area contributed by atoms with E-state index in [-0.39, 0.29) is 24.0 Å². The van der Waals surface area contributed by atoms with E-state index in [1.165, 1.54) is 167 Å². The molecular weight excluding hydrogens is 1060 g/mol. The molecule has 0 aromatic carbocycles. The summed E-state index contributed by atoms with van der Waals surface area (Å²) < 4.78 is 2.08. The van der Waals surface area contributed by atoms with Gasteiger partial charge in [0.2, 0.25) is 11.8 Å². The molecule has 484 valence electrons. The number of nitrogens with one attached hydrogen (secondary N) is 2. The first kappa shape index (κ1) is 78.6. The summed E-state index contributed by atoms with van der Waals surface area (Å²) in [6, 6.07) is -0.617. The largest absolute Gasteiger partial charge is 0.392 e. The van der Waals surface area contributed by atoms with Crippen molar-refractivity contribution in [3.05, 3.63) is 18.2 Å². The number of amides is 2. The van der Waals surface area contributed by atoms with E-state index in [1.807, 2.05) is 23.9 Å². The average molecular weight is 1200 g/mol. The molecule has 0 radical (unpaired) electrons. The van der Waals surface area contributed by atoms with Crippen LogP contribution in [0, 0.1) is 6.92 Å². The third-order valence-corrected chi connectivity index (χ3v) is 19.1. The minimum Gasteiger partial charge on any atom is -0.392 e. The third kappa shape index (κ3) is 49.7. The lowest BCUT2D eigenvalue weighted by Crippen LogP contribution is -2.47. The lowest BCUT2D eigenvalue weighted by atomic mass is 10.0. The molecular formula is C68H134N6O6S2. The highest BCUT2D eigenvalue weighted by Gasteiger charge is 2.22. The molecule has 0 aliphatic rings.